The molecule has 0 amide bonds. The van der Waals surface area contributed by atoms with Gasteiger partial charge in [-0.25, -0.2) is 0 Å². The number of hydrogen-bond acceptors (Lipinski definition) is 1. The summed E-state index contributed by atoms with van der Waals surface area (Å²) >= 11 is 0. The summed E-state index contributed by atoms with van der Waals surface area (Å²) in [6.07, 6.45) is 5.37. The van der Waals surface area contributed by atoms with Crippen LogP contribution in [-0.2, 0) is 6.54 Å². The van der Waals surface area contributed by atoms with E-state index in [1.54, 1.807) is 0 Å². The summed E-state index contributed by atoms with van der Waals surface area (Å²) < 4.78 is 2.15. The summed E-state index contributed by atoms with van der Waals surface area (Å²) in [5.74, 6) is 0.945. The molecular formula is C14H24N4. The van der Waals surface area contributed by atoms with Gasteiger partial charge in [-0.15, -0.1) is 0 Å². The van der Waals surface area contributed by atoms with Gasteiger partial charge in [0.15, 0.2) is 5.96 Å². The zero-order chi connectivity index (χ0) is 13.0. The summed E-state index contributed by atoms with van der Waals surface area (Å²) in [6.45, 7) is 9.31. The second-order valence-electron chi connectivity index (χ2n) is 5.57. The van der Waals surface area contributed by atoms with Crippen LogP contribution in [-0.4, -0.2) is 29.7 Å². The van der Waals surface area contributed by atoms with Crippen LogP contribution in [0.3, 0.4) is 0 Å². The third kappa shape index (κ3) is 3.52. The minimum atomic E-state index is 0.427. The standard InChI is InChI=1S/C14H24N4/c1-4-15-13(17-12-11-14(12,2)3)16-7-10-18-8-5-6-9-18/h5-6,8-9,12H,4,7,10-11H2,1-3H3,(H2,15,16,17). The van der Waals surface area contributed by atoms with E-state index in [-0.39, 0.29) is 0 Å². The average Bonchev–Trinajstić information content (AvgIpc) is 2.75. The van der Waals surface area contributed by atoms with Crippen molar-refractivity contribution < 1.29 is 0 Å². The van der Waals surface area contributed by atoms with Crippen LogP contribution in [0, 0.1) is 5.41 Å². The molecule has 1 aliphatic rings. The number of nitrogens with zero attached hydrogens (tertiary/aromatic N) is 2. The van der Waals surface area contributed by atoms with Crippen LogP contribution in [0.15, 0.2) is 29.5 Å². The number of aliphatic imine (C=N–C) groups is 1. The van der Waals surface area contributed by atoms with Gasteiger partial charge in [-0.2, -0.15) is 0 Å². The van der Waals surface area contributed by atoms with Crippen molar-refractivity contribution in [2.24, 2.45) is 10.4 Å². The van der Waals surface area contributed by atoms with E-state index < -0.39 is 0 Å². The molecule has 2 rings (SSSR count). The van der Waals surface area contributed by atoms with Gasteiger partial charge in [0, 0.05) is 31.5 Å². The highest BCUT2D eigenvalue weighted by atomic mass is 15.2. The van der Waals surface area contributed by atoms with Crippen LogP contribution in [0.1, 0.15) is 27.2 Å². The van der Waals surface area contributed by atoms with Gasteiger partial charge in [0.05, 0.1) is 6.54 Å². The maximum Gasteiger partial charge on any atom is 0.191 e. The highest BCUT2D eigenvalue weighted by molar-refractivity contribution is 5.80. The van der Waals surface area contributed by atoms with E-state index in [2.05, 4.69) is 53.4 Å². The van der Waals surface area contributed by atoms with Crippen LogP contribution in [0.2, 0.25) is 0 Å². The van der Waals surface area contributed by atoms with Gasteiger partial charge in [0.2, 0.25) is 0 Å². The summed E-state index contributed by atoms with van der Waals surface area (Å²) in [5.41, 5.74) is 0.427. The SMILES string of the molecule is CCNC(=NCCn1cccc1)NC1CC1(C)C. The summed E-state index contributed by atoms with van der Waals surface area (Å²) in [6, 6.07) is 4.65. The van der Waals surface area contributed by atoms with Gasteiger partial charge in [-0.1, -0.05) is 13.8 Å². The van der Waals surface area contributed by atoms with Gasteiger partial charge in [0.25, 0.3) is 0 Å². The predicted octanol–water partition coefficient (Wildman–Crippen LogP) is 1.84. The molecule has 1 atom stereocenters. The van der Waals surface area contributed by atoms with Gasteiger partial charge in [0.1, 0.15) is 0 Å². The molecule has 1 aromatic heterocycles. The highest BCUT2D eigenvalue weighted by Crippen LogP contribution is 2.44. The van der Waals surface area contributed by atoms with Crippen molar-refractivity contribution in [2.75, 3.05) is 13.1 Å². The Kier molecular flexibility index (Phi) is 3.94. The lowest BCUT2D eigenvalue weighted by molar-refractivity contribution is 0.588. The third-order valence-corrected chi connectivity index (χ3v) is 3.46. The van der Waals surface area contributed by atoms with Crippen LogP contribution in [0.5, 0.6) is 0 Å². The molecule has 1 aliphatic carbocycles. The van der Waals surface area contributed by atoms with Gasteiger partial charge >= 0.3 is 0 Å². The van der Waals surface area contributed by atoms with Crippen molar-refractivity contribution in [3.63, 3.8) is 0 Å². The van der Waals surface area contributed by atoms with Crippen LogP contribution in [0.25, 0.3) is 0 Å². The van der Waals surface area contributed by atoms with Gasteiger partial charge in [-0.3, -0.25) is 4.99 Å². The Balaban J connectivity index is 1.81. The van der Waals surface area contributed by atoms with Crippen molar-refractivity contribution >= 4 is 5.96 Å². The van der Waals surface area contributed by atoms with Gasteiger partial charge < -0.3 is 15.2 Å². The maximum absolute atomic E-state index is 4.61. The topological polar surface area (TPSA) is 41.4 Å². The number of aromatic nitrogens is 1. The molecule has 0 bridgehead atoms. The van der Waals surface area contributed by atoms with Crippen LogP contribution < -0.4 is 10.6 Å². The van der Waals surface area contributed by atoms with E-state index in [4.69, 9.17) is 0 Å². The summed E-state index contributed by atoms with van der Waals surface area (Å²) in [5, 5.41) is 6.79. The van der Waals surface area contributed by atoms with Crippen LogP contribution >= 0.6 is 0 Å². The fraction of sp³-hybridized carbons (Fsp3) is 0.643. The fourth-order valence-corrected chi connectivity index (χ4v) is 2.00. The second-order valence-corrected chi connectivity index (χ2v) is 5.57. The van der Waals surface area contributed by atoms with Crippen molar-refractivity contribution in [1.29, 1.82) is 0 Å². The number of rotatable bonds is 5. The van der Waals surface area contributed by atoms with E-state index in [1.165, 1.54) is 6.42 Å². The highest BCUT2D eigenvalue weighted by Gasteiger charge is 2.46. The molecule has 0 saturated heterocycles. The Morgan fingerprint density at radius 3 is 2.61 bits per heavy atom. The molecule has 1 heterocycles. The average molecular weight is 248 g/mol. The zero-order valence-corrected chi connectivity index (χ0v) is 11.6. The van der Waals surface area contributed by atoms with E-state index in [0.717, 1.165) is 25.6 Å². The van der Waals surface area contributed by atoms with Crippen molar-refractivity contribution in [1.82, 2.24) is 15.2 Å². The molecule has 4 heteroatoms. The van der Waals surface area contributed by atoms with Gasteiger partial charge in [-0.05, 0) is 30.9 Å². The van der Waals surface area contributed by atoms with E-state index >= 15 is 0 Å². The Labute approximate surface area is 109 Å². The molecule has 0 radical (unpaired) electrons. The summed E-state index contributed by atoms with van der Waals surface area (Å²) in [7, 11) is 0. The third-order valence-electron chi connectivity index (χ3n) is 3.46. The first-order valence-electron chi connectivity index (χ1n) is 6.77. The zero-order valence-electron chi connectivity index (χ0n) is 11.6. The Hall–Kier alpha value is -1.45. The molecule has 18 heavy (non-hydrogen) atoms. The number of hydrogen-bond donors (Lipinski definition) is 2. The van der Waals surface area contributed by atoms with E-state index in [0.29, 0.717) is 11.5 Å². The first-order valence-corrected chi connectivity index (χ1v) is 6.77. The molecule has 0 aromatic carbocycles. The maximum atomic E-state index is 4.61. The molecule has 4 nitrogen and oxygen atoms in total. The second kappa shape index (κ2) is 5.46. The molecule has 1 fully saturated rings. The monoisotopic (exact) mass is 248 g/mol. The Bertz CT molecular complexity index is 392. The number of nitrogens with one attached hydrogen (secondary N) is 2. The predicted molar refractivity (Wildman–Crippen MR) is 75.7 cm³/mol. The molecule has 1 aromatic rings. The Morgan fingerprint density at radius 1 is 1.39 bits per heavy atom. The first kappa shape index (κ1) is 13.0. The molecule has 1 saturated carbocycles. The largest absolute Gasteiger partial charge is 0.357 e. The Morgan fingerprint density at radius 2 is 2.06 bits per heavy atom. The molecule has 1 unspecified atom stereocenters. The minimum Gasteiger partial charge on any atom is -0.357 e. The lowest BCUT2D eigenvalue weighted by Crippen LogP contribution is -2.40. The minimum absolute atomic E-state index is 0.427. The molecule has 100 valence electrons. The van der Waals surface area contributed by atoms with Crippen molar-refractivity contribution in [2.45, 2.75) is 39.8 Å². The lowest BCUT2D eigenvalue weighted by atomic mass is 10.2. The molecule has 0 aliphatic heterocycles. The van der Waals surface area contributed by atoms with Crippen molar-refractivity contribution in [3.05, 3.63) is 24.5 Å². The first-order chi connectivity index (χ1) is 8.62. The smallest absolute Gasteiger partial charge is 0.191 e. The summed E-state index contributed by atoms with van der Waals surface area (Å²) in [4.78, 5) is 4.61. The fourth-order valence-electron chi connectivity index (χ4n) is 2.00. The molecular weight excluding hydrogens is 224 g/mol. The van der Waals surface area contributed by atoms with Crippen molar-refractivity contribution in [3.8, 4) is 0 Å². The van der Waals surface area contributed by atoms with E-state index in [9.17, 15) is 0 Å². The normalized spacial score (nSPS) is 21.7. The number of guanidine groups is 1. The lowest BCUT2D eigenvalue weighted by Gasteiger charge is -2.12. The van der Waals surface area contributed by atoms with E-state index in [1.807, 2.05) is 12.1 Å². The molecule has 2 N–H and O–H groups in total. The van der Waals surface area contributed by atoms with Crippen LogP contribution in [0.4, 0.5) is 0 Å². The quantitative estimate of drug-likeness (QED) is 0.617. The molecule has 0 spiro atoms.